The molecule has 1 saturated heterocycles. The van der Waals surface area contributed by atoms with E-state index in [2.05, 4.69) is 0 Å². The predicted molar refractivity (Wildman–Crippen MR) is 51.9 cm³/mol. The average molecular weight is 212 g/mol. The Hall–Kier alpha value is -1.06. The highest BCUT2D eigenvalue weighted by atomic mass is 16.6. The highest BCUT2D eigenvalue weighted by molar-refractivity contribution is 5.76. The molecule has 0 aromatic heterocycles. The molecule has 0 spiro atoms. The topological polar surface area (TPSA) is 52.6 Å². The quantitative estimate of drug-likeness (QED) is 0.614. The Bertz CT molecular complexity index is 312. The molecule has 2 aliphatic rings. The molecule has 4 heteroatoms. The van der Waals surface area contributed by atoms with Gasteiger partial charge in [-0.25, -0.2) is 0 Å². The first-order valence-corrected chi connectivity index (χ1v) is 5.32. The first-order valence-electron chi connectivity index (χ1n) is 5.32. The summed E-state index contributed by atoms with van der Waals surface area (Å²) in [4.78, 5) is 22.5. The van der Waals surface area contributed by atoms with E-state index in [0.717, 1.165) is 6.42 Å². The molecule has 0 amide bonds. The van der Waals surface area contributed by atoms with Gasteiger partial charge in [0.05, 0.1) is 5.92 Å². The van der Waals surface area contributed by atoms with Crippen LogP contribution in [0.3, 0.4) is 0 Å². The van der Waals surface area contributed by atoms with Gasteiger partial charge in [0.15, 0.2) is 0 Å². The maximum atomic E-state index is 11.5. The van der Waals surface area contributed by atoms with E-state index in [-0.39, 0.29) is 29.9 Å². The minimum atomic E-state index is -0.606. The SMILES string of the molecule is CC(=O)OC1C(C)CC2CC1(C)OC2=O. The third kappa shape index (κ3) is 1.62. The summed E-state index contributed by atoms with van der Waals surface area (Å²) >= 11 is 0. The molecular formula is C11H16O4. The average Bonchev–Trinajstić information content (AvgIpc) is 2.33. The molecule has 2 bridgehead atoms. The van der Waals surface area contributed by atoms with E-state index in [4.69, 9.17) is 9.47 Å². The molecule has 2 rings (SSSR count). The zero-order valence-electron chi connectivity index (χ0n) is 9.28. The lowest BCUT2D eigenvalue weighted by Crippen LogP contribution is -2.48. The van der Waals surface area contributed by atoms with Crippen molar-refractivity contribution in [2.24, 2.45) is 11.8 Å². The van der Waals surface area contributed by atoms with Gasteiger partial charge in [-0.15, -0.1) is 0 Å². The van der Waals surface area contributed by atoms with Crippen molar-refractivity contribution in [3.63, 3.8) is 0 Å². The van der Waals surface area contributed by atoms with Gasteiger partial charge in [-0.1, -0.05) is 6.92 Å². The number of carbonyl (C=O) groups excluding carboxylic acids is 2. The van der Waals surface area contributed by atoms with Crippen LogP contribution in [-0.4, -0.2) is 23.6 Å². The first-order chi connectivity index (χ1) is 6.92. The van der Waals surface area contributed by atoms with E-state index < -0.39 is 5.60 Å². The molecule has 1 heterocycles. The van der Waals surface area contributed by atoms with Crippen LogP contribution < -0.4 is 0 Å². The molecule has 2 fully saturated rings. The van der Waals surface area contributed by atoms with E-state index in [1.165, 1.54) is 6.92 Å². The fourth-order valence-electron chi connectivity index (χ4n) is 2.88. The van der Waals surface area contributed by atoms with Crippen molar-refractivity contribution < 1.29 is 19.1 Å². The number of esters is 2. The van der Waals surface area contributed by atoms with Crippen molar-refractivity contribution in [2.75, 3.05) is 0 Å². The van der Waals surface area contributed by atoms with Crippen LogP contribution in [0.5, 0.6) is 0 Å². The van der Waals surface area contributed by atoms with Crippen LogP contribution in [0.2, 0.25) is 0 Å². The molecule has 0 radical (unpaired) electrons. The van der Waals surface area contributed by atoms with Gasteiger partial charge >= 0.3 is 11.9 Å². The highest BCUT2D eigenvalue weighted by Crippen LogP contribution is 2.46. The third-order valence-corrected chi connectivity index (χ3v) is 3.39. The summed E-state index contributed by atoms with van der Waals surface area (Å²) in [6, 6.07) is 0. The normalized spacial score (nSPS) is 43.7. The Balaban J connectivity index is 2.22. The summed E-state index contributed by atoms with van der Waals surface area (Å²) in [5.74, 6) is -0.269. The minimum Gasteiger partial charge on any atom is -0.458 e. The van der Waals surface area contributed by atoms with Gasteiger partial charge in [0.25, 0.3) is 0 Å². The standard InChI is InChI=1S/C11H16O4/c1-6-4-8-5-11(3,15-10(8)13)9(6)14-7(2)12/h6,8-9H,4-5H2,1-3H3. The fourth-order valence-corrected chi connectivity index (χ4v) is 2.88. The summed E-state index contributed by atoms with van der Waals surface area (Å²) in [5.41, 5.74) is -0.606. The van der Waals surface area contributed by atoms with Crippen molar-refractivity contribution in [1.82, 2.24) is 0 Å². The smallest absolute Gasteiger partial charge is 0.309 e. The van der Waals surface area contributed by atoms with Crippen molar-refractivity contribution in [1.29, 1.82) is 0 Å². The van der Waals surface area contributed by atoms with Crippen molar-refractivity contribution in [3.8, 4) is 0 Å². The number of fused-ring (bicyclic) bond motifs is 2. The predicted octanol–water partition coefficient (Wildman–Crippen LogP) is 1.28. The molecule has 1 saturated carbocycles. The molecule has 4 atom stereocenters. The van der Waals surface area contributed by atoms with Gasteiger partial charge in [0.1, 0.15) is 11.7 Å². The molecule has 0 aromatic rings. The highest BCUT2D eigenvalue weighted by Gasteiger charge is 2.56. The van der Waals surface area contributed by atoms with Gasteiger partial charge in [-0.3, -0.25) is 9.59 Å². The van der Waals surface area contributed by atoms with E-state index in [1.54, 1.807) is 0 Å². The van der Waals surface area contributed by atoms with Gasteiger partial charge in [0.2, 0.25) is 0 Å². The van der Waals surface area contributed by atoms with Crippen LogP contribution in [0.25, 0.3) is 0 Å². The van der Waals surface area contributed by atoms with Crippen LogP contribution >= 0.6 is 0 Å². The number of rotatable bonds is 1. The fraction of sp³-hybridized carbons (Fsp3) is 0.818. The Kier molecular flexibility index (Phi) is 2.24. The molecule has 0 aromatic carbocycles. The summed E-state index contributed by atoms with van der Waals surface area (Å²) in [5, 5.41) is 0. The van der Waals surface area contributed by atoms with Crippen LogP contribution in [-0.2, 0) is 19.1 Å². The molecule has 1 aliphatic carbocycles. The number of hydrogen-bond acceptors (Lipinski definition) is 4. The summed E-state index contributed by atoms with van der Waals surface area (Å²) < 4.78 is 10.6. The number of hydrogen-bond donors (Lipinski definition) is 0. The van der Waals surface area contributed by atoms with E-state index >= 15 is 0 Å². The Morgan fingerprint density at radius 2 is 2.27 bits per heavy atom. The van der Waals surface area contributed by atoms with Crippen molar-refractivity contribution >= 4 is 11.9 Å². The van der Waals surface area contributed by atoms with Crippen LogP contribution in [0.1, 0.15) is 33.6 Å². The van der Waals surface area contributed by atoms with Crippen LogP contribution in [0.4, 0.5) is 0 Å². The lowest BCUT2D eigenvalue weighted by atomic mass is 9.74. The van der Waals surface area contributed by atoms with E-state index in [1.807, 2.05) is 13.8 Å². The van der Waals surface area contributed by atoms with Gasteiger partial charge < -0.3 is 9.47 Å². The van der Waals surface area contributed by atoms with E-state index in [9.17, 15) is 9.59 Å². The molecule has 4 nitrogen and oxygen atoms in total. The molecule has 84 valence electrons. The Morgan fingerprint density at radius 3 is 2.87 bits per heavy atom. The maximum absolute atomic E-state index is 11.5. The lowest BCUT2D eigenvalue weighted by molar-refractivity contribution is -0.176. The largest absolute Gasteiger partial charge is 0.458 e. The van der Waals surface area contributed by atoms with Crippen molar-refractivity contribution in [2.45, 2.75) is 45.3 Å². The minimum absolute atomic E-state index is 0.00296. The Labute approximate surface area is 88.9 Å². The monoisotopic (exact) mass is 212 g/mol. The summed E-state index contributed by atoms with van der Waals surface area (Å²) in [6.07, 6.45) is 1.14. The maximum Gasteiger partial charge on any atom is 0.309 e. The second-order valence-corrected chi connectivity index (χ2v) is 4.88. The zero-order valence-corrected chi connectivity index (χ0v) is 9.28. The molecular weight excluding hydrogens is 196 g/mol. The second-order valence-electron chi connectivity index (χ2n) is 4.88. The van der Waals surface area contributed by atoms with Crippen LogP contribution in [0, 0.1) is 11.8 Å². The lowest BCUT2D eigenvalue weighted by Gasteiger charge is -2.38. The number of carbonyl (C=O) groups is 2. The zero-order chi connectivity index (χ0) is 11.2. The summed E-state index contributed by atoms with van der Waals surface area (Å²) in [7, 11) is 0. The van der Waals surface area contributed by atoms with Crippen molar-refractivity contribution in [3.05, 3.63) is 0 Å². The summed E-state index contributed by atoms with van der Waals surface area (Å²) in [6.45, 7) is 5.24. The first kappa shape index (κ1) is 10.5. The Morgan fingerprint density at radius 1 is 1.60 bits per heavy atom. The van der Waals surface area contributed by atoms with Crippen LogP contribution in [0.15, 0.2) is 0 Å². The van der Waals surface area contributed by atoms with Gasteiger partial charge in [-0.05, 0) is 19.3 Å². The van der Waals surface area contributed by atoms with Gasteiger partial charge in [-0.2, -0.15) is 0 Å². The number of ether oxygens (including phenoxy) is 2. The molecule has 1 aliphatic heterocycles. The van der Waals surface area contributed by atoms with Gasteiger partial charge in [0, 0.05) is 13.3 Å². The molecule has 15 heavy (non-hydrogen) atoms. The van der Waals surface area contributed by atoms with E-state index in [0.29, 0.717) is 6.42 Å². The third-order valence-electron chi connectivity index (χ3n) is 3.39. The molecule has 0 N–H and O–H groups in total. The second kappa shape index (κ2) is 3.22. The molecule has 4 unspecified atom stereocenters.